The number of fused-ring (bicyclic) bond motifs is 1. The zero-order valence-electron chi connectivity index (χ0n) is 11.3. The number of nitrogens with zero attached hydrogens (tertiary/aromatic N) is 3. The molecule has 1 amide bonds. The molecule has 2 aromatic rings. The molecule has 0 bridgehead atoms. The minimum absolute atomic E-state index is 0.0252. The van der Waals surface area contributed by atoms with E-state index in [1.54, 1.807) is 6.07 Å². The first-order chi connectivity index (χ1) is 9.63. The van der Waals surface area contributed by atoms with Gasteiger partial charge in [0.25, 0.3) is 0 Å². The summed E-state index contributed by atoms with van der Waals surface area (Å²) in [5.74, 6) is 0.762. The minimum atomic E-state index is 0.0252. The Labute approximate surface area is 117 Å². The fourth-order valence-electron chi connectivity index (χ4n) is 2.16. The molecule has 6 heteroatoms. The number of amides is 1. The Kier molecular flexibility index (Phi) is 3.14. The van der Waals surface area contributed by atoms with Crippen molar-refractivity contribution in [3.8, 4) is 0 Å². The van der Waals surface area contributed by atoms with Crippen molar-refractivity contribution in [1.82, 2.24) is 15.3 Å². The molecule has 1 aliphatic carbocycles. The van der Waals surface area contributed by atoms with Gasteiger partial charge in [0.2, 0.25) is 5.91 Å². The number of benzene rings is 1. The summed E-state index contributed by atoms with van der Waals surface area (Å²) in [4.78, 5) is 22.2. The lowest BCUT2D eigenvalue weighted by Gasteiger charge is -2.19. The fraction of sp³-hybridized carbons (Fsp3) is 0.357. The number of nitrogen functional groups attached to an aromatic ring is 1. The highest BCUT2D eigenvalue weighted by molar-refractivity contribution is 5.92. The summed E-state index contributed by atoms with van der Waals surface area (Å²) in [5.41, 5.74) is 7.20. The number of carbonyl (C=O) groups is 1. The van der Waals surface area contributed by atoms with Crippen molar-refractivity contribution in [2.75, 3.05) is 24.2 Å². The van der Waals surface area contributed by atoms with Crippen LogP contribution in [-0.4, -0.2) is 35.5 Å². The number of aromatic nitrogens is 2. The van der Waals surface area contributed by atoms with Gasteiger partial charge in [-0.1, -0.05) is 0 Å². The lowest BCUT2D eigenvalue weighted by atomic mass is 10.2. The molecule has 0 spiro atoms. The average Bonchev–Trinajstić information content (AvgIpc) is 3.21. The van der Waals surface area contributed by atoms with Gasteiger partial charge in [-0.25, -0.2) is 9.97 Å². The second-order valence-electron chi connectivity index (χ2n) is 5.17. The van der Waals surface area contributed by atoms with Gasteiger partial charge >= 0.3 is 0 Å². The van der Waals surface area contributed by atoms with Gasteiger partial charge in [-0.2, -0.15) is 0 Å². The number of rotatable bonds is 4. The number of anilines is 2. The maximum Gasteiger partial charge on any atom is 0.239 e. The van der Waals surface area contributed by atoms with Crippen molar-refractivity contribution in [1.29, 1.82) is 0 Å². The molecule has 0 saturated heterocycles. The van der Waals surface area contributed by atoms with Gasteiger partial charge in [0.05, 0.1) is 12.1 Å². The van der Waals surface area contributed by atoms with Gasteiger partial charge in [0, 0.05) is 24.2 Å². The van der Waals surface area contributed by atoms with Gasteiger partial charge in [-0.15, -0.1) is 0 Å². The lowest BCUT2D eigenvalue weighted by molar-refractivity contribution is -0.119. The van der Waals surface area contributed by atoms with Crippen LogP contribution in [0.25, 0.3) is 10.9 Å². The Morgan fingerprint density at radius 2 is 2.25 bits per heavy atom. The number of nitrogens with one attached hydrogen (secondary N) is 1. The largest absolute Gasteiger partial charge is 0.399 e. The zero-order valence-corrected chi connectivity index (χ0v) is 11.3. The number of likely N-dealkylation sites (N-methyl/N-ethyl adjacent to an activating group) is 1. The summed E-state index contributed by atoms with van der Waals surface area (Å²) in [5, 5.41) is 3.86. The summed E-state index contributed by atoms with van der Waals surface area (Å²) < 4.78 is 0. The molecule has 20 heavy (non-hydrogen) atoms. The van der Waals surface area contributed by atoms with E-state index in [2.05, 4.69) is 15.3 Å². The SMILES string of the molecule is CN(CC(=O)NC1CC1)c1ncnc2cc(N)ccc12. The first-order valence-electron chi connectivity index (χ1n) is 6.64. The Hall–Kier alpha value is -2.37. The molecule has 104 valence electrons. The van der Waals surface area contributed by atoms with Crippen molar-refractivity contribution >= 4 is 28.3 Å². The van der Waals surface area contributed by atoms with Crippen LogP contribution < -0.4 is 16.0 Å². The smallest absolute Gasteiger partial charge is 0.239 e. The van der Waals surface area contributed by atoms with Crippen LogP contribution in [0.1, 0.15) is 12.8 Å². The van der Waals surface area contributed by atoms with E-state index in [4.69, 9.17) is 5.73 Å². The highest BCUT2D eigenvalue weighted by Crippen LogP contribution is 2.23. The van der Waals surface area contributed by atoms with Crippen LogP contribution >= 0.6 is 0 Å². The topological polar surface area (TPSA) is 84.1 Å². The van der Waals surface area contributed by atoms with E-state index in [1.165, 1.54) is 6.33 Å². The molecule has 3 N–H and O–H groups in total. The zero-order chi connectivity index (χ0) is 14.1. The third-order valence-corrected chi connectivity index (χ3v) is 3.32. The number of carbonyl (C=O) groups excluding carboxylic acids is 1. The van der Waals surface area contributed by atoms with Crippen molar-refractivity contribution < 1.29 is 4.79 Å². The third-order valence-electron chi connectivity index (χ3n) is 3.32. The Morgan fingerprint density at radius 1 is 1.45 bits per heavy atom. The lowest BCUT2D eigenvalue weighted by Crippen LogP contribution is -2.36. The van der Waals surface area contributed by atoms with E-state index in [-0.39, 0.29) is 12.5 Å². The molecular weight excluding hydrogens is 254 g/mol. The quantitative estimate of drug-likeness (QED) is 0.808. The van der Waals surface area contributed by atoms with E-state index in [9.17, 15) is 4.79 Å². The van der Waals surface area contributed by atoms with E-state index < -0.39 is 0 Å². The molecule has 1 aromatic carbocycles. The number of nitrogens with two attached hydrogens (primary N) is 1. The van der Waals surface area contributed by atoms with Crippen LogP contribution in [-0.2, 0) is 4.79 Å². The normalized spacial score (nSPS) is 14.2. The summed E-state index contributed by atoms with van der Waals surface area (Å²) in [6.45, 7) is 0.285. The molecule has 3 rings (SSSR count). The molecule has 1 aliphatic rings. The summed E-state index contributed by atoms with van der Waals surface area (Å²) >= 11 is 0. The second kappa shape index (κ2) is 4.96. The van der Waals surface area contributed by atoms with E-state index in [0.717, 1.165) is 29.6 Å². The number of hydrogen-bond acceptors (Lipinski definition) is 5. The molecule has 1 fully saturated rings. The van der Waals surface area contributed by atoms with Gasteiger partial charge in [-0.05, 0) is 31.0 Å². The van der Waals surface area contributed by atoms with Crippen molar-refractivity contribution in [2.24, 2.45) is 0 Å². The van der Waals surface area contributed by atoms with Crippen LogP contribution in [0.5, 0.6) is 0 Å². The first-order valence-corrected chi connectivity index (χ1v) is 6.64. The van der Waals surface area contributed by atoms with E-state index in [1.807, 2.05) is 24.1 Å². The minimum Gasteiger partial charge on any atom is -0.399 e. The van der Waals surface area contributed by atoms with Crippen LogP contribution in [0.15, 0.2) is 24.5 Å². The van der Waals surface area contributed by atoms with Crippen molar-refractivity contribution in [3.63, 3.8) is 0 Å². The maximum atomic E-state index is 11.9. The fourth-order valence-corrected chi connectivity index (χ4v) is 2.16. The van der Waals surface area contributed by atoms with Crippen molar-refractivity contribution in [3.05, 3.63) is 24.5 Å². The van der Waals surface area contributed by atoms with Crippen LogP contribution in [0.3, 0.4) is 0 Å². The predicted molar refractivity (Wildman–Crippen MR) is 78.4 cm³/mol. The Morgan fingerprint density at radius 3 is 3.00 bits per heavy atom. The average molecular weight is 271 g/mol. The highest BCUT2D eigenvalue weighted by atomic mass is 16.2. The number of hydrogen-bond donors (Lipinski definition) is 2. The standard InChI is InChI=1S/C14H17N5O/c1-19(7-13(20)18-10-3-4-10)14-11-5-2-9(15)6-12(11)16-8-17-14/h2,5-6,8,10H,3-4,7,15H2,1H3,(H,18,20). The molecule has 1 saturated carbocycles. The molecule has 0 unspecified atom stereocenters. The Bertz CT molecular complexity index is 653. The summed E-state index contributed by atoms with van der Waals surface area (Å²) in [7, 11) is 1.85. The van der Waals surface area contributed by atoms with Gasteiger partial charge in [0.15, 0.2) is 0 Å². The van der Waals surface area contributed by atoms with Crippen molar-refractivity contribution in [2.45, 2.75) is 18.9 Å². The second-order valence-corrected chi connectivity index (χ2v) is 5.17. The predicted octanol–water partition coefficient (Wildman–Crippen LogP) is 0.927. The molecule has 1 heterocycles. The van der Waals surface area contributed by atoms with Gasteiger partial charge in [-0.3, -0.25) is 4.79 Å². The molecule has 0 radical (unpaired) electrons. The van der Waals surface area contributed by atoms with Gasteiger partial charge < -0.3 is 16.0 Å². The van der Waals surface area contributed by atoms with Crippen LogP contribution in [0.4, 0.5) is 11.5 Å². The maximum absolute atomic E-state index is 11.9. The summed E-state index contributed by atoms with van der Waals surface area (Å²) in [6.07, 6.45) is 3.67. The molecule has 0 aliphatic heterocycles. The molecule has 1 aromatic heterocycles. The monoisotopic (exact) mass is 271 g/mol. The van der Waals surface area contributed by atoms with E-state index >= 15 is 0 Å². The first kappa shape index (κ1) is 12.7. The molecule has 6 nitrogen and oxygen atoms in total. The van der Waals surface area contributed by atoms with Gasteiger partial charge in [0.1, 0.15) is 12.1 Å². The Balaban J connectivity index is 1.83. The van der Waals surface area contributed by atoms with Crippen LogP contribution in [0.2, 0.25) is 0 Å². The third kappa shape index (κ3) is 2.64. The molecule has 0 atom stereocenters. The summed E-state index contributed by atoms with van der Waals surface area (Å²) in [6, 6.07) is 5.87. The molecular formula is C14H17N5O. The van der Waals surface area contributed by atoms with Crippen LogP contribution in [0, 0.1) is 0 Å². The highest BCUT2D eigenvalue weighted by Gasteiger charge is 2.24. The van der Waals surface area contributed by atoms with E-state index in [0.29, 0.717) is 11.7 Å².